The van der Waals surface area contributed by atoms with Crippen molar-refractivity contribution in [2.75, 3.05) is 13.1 Å². The number of nitrogens with zero attached hydrogens (tertiary/aromatic N) is 1. The summed E-state index contributed by atoms with van der Waals surface area (Å²) in [5.74, 6) is 0. The van der Waals surface area contributed by atoms with Crippen molar-refractivity contribution in [1.29, 1.82) is 0 Å². The van der Waals surface area contributed by atoms with Gasteiger partial charge >= 0.3 is 0 Å². The van der Waals surface area contributed by atoms with Gasteiger partial charge in [0.25, 0.3) is 0 Å². The molecule has 0 amide bonds. The monoisotopic (exact) mass is 242 g/mol. The van der Waals surface area contributed by atoms with Gasteiger partial charge in [-0.25, -0.2) is 0 Å². The number of aromatic amines is 1. The van der Waals surface area contributed by atoms with Crippen LogP contribution >= 0.6 is 0 Å². The molecule has 1 aliphatic heterocycles. The molecule has 2 heterocycles. The van der Waals surface area contributed by atoms with Gasteiger partial charge in [-0.15, -0.1) is 0 Å². The summed E-state index contributed by atoms with van der Waals surface area (Å²) >= 11 is 0. The lowest BCUT2D eigenvalue weighted by Crippen LogP contribution is -2.30. The summed E-state index contributed by atoms with van der Waals surface area (Å²) in [6.07, 6.45) is 2.41. The first-order valence-corrected chi connectivity index (χ1v) is 7.02. The number of rotatable bonds is 2. The Morgan fingerprint density at radius 3 is 2.89 bits per heavy atom. The number of hydrogen-bond donors (Lipinski definition) is 1. The van der Waals surface area contributed by atoms with E-state index in [4.69, 9.17) is 0 Å². The van der Waals surface area contributed by atoms with Crippen LogP contribution in [0.5, 0.6) is 0 Å². The van der Waals surface area contributed by atoms with E-state index in [0.717, 1.165) is 6.54 Å². The Morgan fingerprint density at radius 1 is 1.28 bits per heavy atom. The maximum absolute atomic E-state index is 3.63. The zero-order valence-corrected chi connectivity index (χ0v) is 11.6. The first-order valence-electron chi connectivity index (χ1n) is 7.02. The second-order valence-electron chi connectivity index (χ2n) is 5.61. The minimum absolute atomic E-state index is 1.12. The average molecular weight is 242 g/mol. The Bertz CT molecular complexity index is 580. The highest BCUT2D eigenvalue weighted by Gasteiger charge is 2.20. The quantitative estimate of drug-likeness (QED) is 0.853. The third kappa shape index (κ3) is 1.85. The Kier molecular flexibility index (Phi) is 2.90. The number of H-pyrrole nitrogens is 1. The van der Waals surface area contributed by atoms with E-state index in [9.17, 15) is 0 Å². The summed E-state index contributed by atoms with van der Waals surface area (Å²) < 4.78 is 0. The molecular weight excluding hydrogens is 220 g/mol. The average Bonchev–Trinajstić information content (AvgIpc) is 2.66. The van der Waals surface area contributed by atoms with Gasteiger partial charge in [0.05, 0.1) is 0 Å². The Hall–Kier alpha value is -1.28. The van der Waals surface area contributed by atoms with E-state index in [0.29, 0.717) is 0 Å². The minimum Gasteiger partial charge on any atom is -0.358 e. The highest BCUT2D eigenvalue weighted by molar-refractivity contribution is 5.88. The van der Waals surface area contributed by atoms with E-state index in [-0.39, 0.29) is 0 Å². The van der Waals surface area contributed by atoms with Crippen LogP contribution in [0.15, 0.2) is 12.1 Å². The van der Waals surface area contributed by atoms with Gasteiger partial charge in [0.2, 0.25) is 0 Å². The topological polar surface area (TPSA) is 19.0 Å². The zero-order valence-electron chi connectivity index (χ0n) is 11.6. The Balaban J connectivity index is 2.10. The van der Waals surface area contributed by atoms with Crippen molar-refractivity contribution < 1.29 is 0 Å². The summed E-state index contributed by atoms with van der Waals surface area (Å²) in [6.45, 7) is 10.2. The molecule has 0 saturated heterocycles. The normalized spacial score (nSPS) is 16.2. The molecule has 1 aromatic heterocycles. The van der Waals surface area contributed by atoms with Crippen molar-refractivity contribution in [3.8, 4) is 0 Å². The second-order valence-corrected chi connectivity index (χ2v) is 5.61. The lowest BCUT2D eigenvalue weighted by molar-refractivity contribution is 0.255. The van der Waals surface area contributed by atoms with Crippen LogP contribution in [-0.4, -0.2) is 23.0 Å². The van der Waals surface area contributed by atoms with Crippen molar-refractivity contribution in [3.05, 3.63) is 34.5 Å². The molecule has 0 fully saturated rings. The third-order valence-electron chi connectivity index (χ3n) is 4.03. The first-order chi connectivity index (χ1) is 8.69. The molecule has 1 aliphatic rings. The maximum Gasteiger partial charge on any atom is 0.0464 e. The van der Waals surface area contributed by atoms with Crippen LogP contribution in [0.4, 0.5) is 0 Å². The van der Waals surface area contributed by atoms with E-state index < -0.39 is 0 Å². The van der Waals surface area contributed by atoms with E-state index >= 15 is 0 Å². The molecule has 3 rings (SSSR count). The molecule has 2 heteroatoms. The van der Waals surface area contributed by atoms with Crippen molar-refractivity contribution >= 4 is 10.9 Å². The van der Waals surface area contributed by atoms with Crippen LogP contribution in [0.3, 0.4) is 0 Å². The fourth-order valence-electron chi connectivity index (χ4n) is 3.32. The van der Waals surface area contributed by atoms with Crippen molar-refractivity contribution in [2.24, 2.45) is 0 Å². The molecule has 18 heavy (non-hydrogen) atoms. The molecule has 0 saturated carbocycles. The maximum atomic E-state index is 3.63. The standard InChI is InChI=1S/C16H22N2/c1-4-6-18-7-5-14-13(10-18)16-12(3)8-11(2)9-15(16)17-14/h8-9,17H,4-7,10H2,1-3H3. The van der Waals surface area contributed by atoms with Gasteiger partial charge in [-0.1, -0.05) is 13.0 Å². The molecule has 0 radical (unpaired) electrons. The third-order valence-corrected chi connectivity index (χ3v) is 4.03. The van der Waals surface area contributed by atoms with Crippen LogP contribution in [0.2, 0.25) is 0 Å². The largest absolute Gasteiger partial charge is 0.358 e. The molecule has 2 nitrogen and oxygen atoms in total. The van der Waals surface area contributed by atoms with Gasteiger partial charge in [-0.2, -0.15) is 0 Å². The second kappa shape index (κ2) is 4.43. The molecule has 0 aliphatic carbocycles. The number of nitrogens with one attached hydrogen (secondary N) is 1. The predicted octanol–water partition coefficient (Wildman–Crippen LogP) is 3.55. The van der Waals surface area contributed by atoms with Crippen molar-refractivity contribution in [2.45, 2.75) is 40.2 Å². The number of hydrogen-bond acceptors (Lipinski definition) is 1. The zero-order chi connectivity index (χ0) is 12.7. The number of fused-ring (bicyclic) bond motifs is 3. The number of aromatic nitrogens is 1. The van der Waals surface area contributed by atoms with Crippen LogP contribution in [-0.2, 0) is 13.0 Å². The van der Waals surface area contributed by atoms with Gasteiger partial charge in [-0.3, -0.25) is 4.90 Å². The summed E-state index contributed by atoms with van der Waals surface area (Å²) in [6, 6.07) is 4.58. The lowest BCUT2D eigenvalue weighted by Gasteiger charge is -2.26. The summed E-state index contributed by atoms with van der Waals surface area (Å²) in [7, 11) is 0. The summed E-state index contributed by atoms with van der Waals surface area (Å²) in [4.78, 5) is 6.21. The molecule has 0 spiro atoms. The molecule has 0 unspecified atom stereocenters. The van der Waals surface area contributed by atoms with Gasteiger partial charge in [0, 0.05) is 36.1 Å². The SMILES string of the molecule is CCCN1CCc2[nH]c3cc(C)cc(C)c3c2C1. The van der Waals surface area contributed by atoms with E-state index in [1.807, 2.05) is 0 Å². The number of benzene rings is 1. The summed E-state index contributed by atoms with van der Waals surface area (Å²) in [5, 5.41) is 1.47. The first kappa shape index (κ1) is 11.8. The molecule has 0 atom stereocenters. The molecular formula is C16H22N2. The van der Waals surface area contributed by atoms with Gasteiger partial charge in [-0.05, 0) is 49.6 Å². The minimum atomic E-state index is 1.12. The lowest BCUT2D eigenvalue weighted by atomic mass is 10.00. The Morgan fingerprint density at radius 2 is 2.11 bits per heavy atom. The van der Waals surface area contributed by atoms with E-state index in [2.05, 4.69) is 42.8 Å². The van der Waals surface area contributed by atoms with Gasteiger partial charge < -0.3 is 4.98 Å². The number of aryl methyl sites for hydroxylation is 2. The molecule has 1 N–H and O–H groups in total. The van der Waals surface area contributed by atoms with Crippen molar-refractivity contribution in [1.82, 2.24) is 9.88 Å². The fourth-order valence-corrected chi connectivity index (χ4v) is 3.32. The van der Waals surface area contributed by atoms with Crippen LogP contribution in [0.25, 0.3) is 10.9 Å². The molecule has 1 aromatic carbocycles. The summed E-state index contributed by atoms with van der Waals surface area (Å²) in [5.41, 5.74) is 7.11. The van der Waals surface area contributed by atoms with Crippen LogP contribution in [0.1, 0.15) is 35.7 Å². The van der Waals surface area contributed by atoms with Gasteiger partial charge in [0.15, 0.2) is 0 Å². The van der Waals surface area contributed by atoms with Crippen molar-refractivity contribution in [3.63, 3.8) is 0 Å². The highest BCUT2D eigenvalue weighted by atomic mass is 15.1. The van der Waals surface area contributed by atoms with Gasteiger partial charge in [0.1, 0.15) is 0 Å². The molecule has 2 aromatic rings. The van der Waals surface area contributed by atoms with Crippen LogP contribution in [0, 0.1) is 13.8 Å². The highest BCUT2D eigenvalue weighted by Crippen LogP contribution is 2.30. The van der Waals surface area contributed by atoms with E-state index in [1.165, 1.54) is 53.7 Å². The fraction of sp³-hybridized carbons (Fsp3) is 0.500. The molecule has 0 bridgehead atoms. The smallest absolute Gasteiger partial charge is 0.0464 e. The van der Waals surface area contributed by atoms with E-state index in [1.54, 1.807) is 5.56 Å². The Labute approximate surface area is 109 Å². The molecule has 96 valence electrons. The predicted molar refractivity (Wildman–Crippen MR) is 77.0 cm³/mol. The van der Waals surface area contributed by atoms with Crippen LogP contribution < -0.4 is 0 Å².